The van der Waals surface area contributed by atoms with E-state index in [0.717, 1.165) is 52.7 Å². The number of aromatic nitrogens is 1. The van der Waals surface area contributed by atoms with Gasteiger partial charge >= 0.3 is 0 Å². The first-order valence-electron chi connectivity index (χ1n) is 10.2. The summed E-state index contributed by atoms with van der Waals surface area (Å²) in [6.07, 6.45) is 4.67. The van der Waals surface area contributed by atoms with Gasteiger partial charge in [-0.2, -0.15) is 0 Å². The van der Waals surface area contributed by atoms with Crippen molar-refractivity contribution in [2.24, 2.45) is 0 Å². The van der Waals surface area contributed by atoms with Gasteiger partial charge in [-0.1, -0.05) is 30.3 Å². The number of nitrogens with zero attached hydrogens (tertiary/aromatic N) is 2. The summed E-state index contributed by atoms with van der Waals surface area (Å²) in [7, 11) is 1.63. The maximum atomic E-state index is 12.5. The molecule has 0 spiro atoms. The number of rotatable bonds is 8. The molecule has 0 bridgehead atoms. The molecule has 1 saturated heterocycles. The zero-order valence-corrected chi connectivity index (χ0v) is 18.4. The molecule has 0 atom stereocenters. The minimum atomic E-state index is -0.223. The minimum Gasteiger partial charge on any atom is -0.493 e. The van der Waals surface area contributed by atoms with Crippen LogP contribution in [0.3, 0.4) is 0 Å². The third-order valence-corrected chi connectivity index (χ3v) is 6.07. The van der Waals surface area contributed by atoms with E-state index in [1.807, 2.05) is 54.7 Å². The number of hydrogen-bond acceptors (Lipinski definition) is 5. The van der Waals surface area contributed by atoms with Crippen LogP contribution in [0.2, 0.25) is 0 Å². The highest BCUT2D eigenvalue weighted by Crippen LogP contribution is 2.34. The number of carbonyl (C=O) groups excluding carboxylic acids is 2. The Balaban J connectivity index is 1.50. The Morgan fingerprint density at radius 1 is 1.03 bits per heavy atom. The van der Waals surface area contributed by atoms with E-state index in [1.54, 1.807) is 14.0 Å². The molecule has 6 nitrogen and oxygen atoms in total. The first kappa shape index (κ1) is 21.1. The Morgan fingerprint density at radius 3 is 2.52 bits per heavy atom. The van der Waals surface area contributed by atoms with Gasteiger partial charge in [-0.15, -0.1) is 0 Å². The standard InChI is InChI=1S/C24H24N2O4S/c1-3-26-23(27)22(31-24(26)28)15-17-16-25(19-10-5-4-9-18(17)19)13-8-14-30-21-12-7-6-11-20(21)29-2/h4-7,9-12,15-16H,3,8,13-14H2,1-2H3/b22-15-. The maximum Gasteiger partial charge on any atom is 0.293 e. The second kappa shape index (κ2) is 9.31. The van der Waals surface area contributed by atoms with Crippen LogP contribution in [0.25, 0.3) is 17.0 Å². The molecule has 1 aliphatic heterocycles. The van der Waals surface area contributed by atoms with Gasteiger partial charge in [-0.25, -0.2) is 0 Å². The van der Waals surface area contributed by atoms with E-state index < -0.39 is 0 Å². The molecule has 0 radical (unpaired) electrons. The SMILES string of the molecule is CCN1C(=O)S/C(=C\c2cn(CCCOc3ccccc3OC)c3ccccc23)C1=O. The van der Waals surface area contributed by atoms with Gasteiger partial charge in [0.1, 0.15) is 0 Å². The van der Waals surface area contributed by atoms with Crippen molar-refractivity contribution in [3.05, 3.63) is 65.2 Å². The Morgan fingerprint density at radius 2 is 1.77 bits per heavy atom. The first-order valence-corrected chi connectivity index (χ1v) is 11.0. The van der Waals surface area contributed by atoms with Crippen molar-refractivity contribution in [1.82, 2.24) is 9.47 Å². The van der Waals surface area contributed by atoms with Crippen LogP contribution < -0.4 is 9.47 Å². The highest BCUT2D eigenvalue weighted by atomic mass is 32.2. The summed E-state index contributed by atoms with van der Waals surface area (Å²) in [6.45, 7) is 3.51. The van der Waals surface area contributed by atoms with E-state index >= 15 is 0 Å². The van der Waals surface area contributed by atoms with Crippen molar-refractivity contribution >= 4 is 39.9 Å². The normalized spacial score (nSPS) is 15.3. The number of imide groups is 1. The summed E-state index contributed by atoms with van der Waals surface area (Å²) in [5, 5.41) is 0.840. The average Bonchev–Trinajstić information content (AvgIpc) is 3.27. The largest absolute Gasteiger partial charge is 0.493 e. The number of fused-ring (bicyclic) bond motifs is 1. The van der Waals surface area contributed by atoms with Crippen LogP contribution in [-0.4, -0.2) is 40.9 Å². The number of ether oxygens (including phenoxy) is 2. The van der Waals surface area contributed by atoms with Gasteiger partial charge in [0.2, 0.25) is 0 Å². The quantitative estimate of drug-likeness (QED) is 0.360. The number of aryl methyl sites for hydroxylation is 1. The second-order valence-corrected chi connectivity index (χ2v) is 8.07. The lowest BCUT2D eigenvalue weighted by Crippen LogP contribution is -2.27. The maximum absolute atomic E-state index is 12.5. The van der Waals surface area contributed by atoms with E-state index in [4.69, 9.17) is 9.47 Å². The van der Waals surface area contributed by atoms with Gasteiger partial charge < -0.3 is 14.0 Å². The Bertz CT molecular complexity index is 1150. The van der Waals surface area contributed by atoms with Crippen LogP contribution in [0.1, 0.15) is 18.9 Å². The number of hydrogen-bond donors (Lipinski definition) is 0. The van der Waals surface area contributed by atoms with Gasteiger partial charge in [0.25, 0.3) is 11.1 Å². The van der Waals surface area contributed by atoms with Gasteiger partial charge in [0.05, 0.1) is 18.6 Å². The molecule has 1 aliphatic rings. The van der Waals surface area contributed by atoms with Crippen LogP contribution in [0.4, 0.5) is 4.79 Å². The van der Waals surface area contributed by atoms with Crippen molar-refractivity contribution in [2.75, 3.05) is 20.3 Å². The third kappa shape index (κ3) is 4.32. The summed E-state index contributed by atoms with van der Waals surface area (Å²) in [5.41, 5.74) is 2.02. The molecule has 3 aromatic rings. The smallest absolute Gasteiger partial charge is 0.293 e. The van der Waals surface area contributed by atoms with Crippen LogP contribution in [0, 0.1) is 0 Å². The molecule has 2 aromatic carbocycles. The van der Waals surface area contributed by atoms with Gasteiger partial charge in [-0.3, -0.25) is 14.5 Å². The summed E-state index contributed by atoms with van der Waals surface area (Å²) in [6, 6.07) is 15.7. The molecule has 0 aliphatic carbocycles. The molecule has 4 rings (SSSR count). The first-order chi connectivity index (χ1) is 15.1. The summed E-state index contributed by atoms with van der Waals surface area (Å²) < 4.78 is 13.4. The highest BCUT2D eigenvalue weighted by molar-refractivity contribution is 8.18. The summed E-state index contributed by atoms with van der Waals surface area (Å²) in [4.78, 5) is 26.2. The highest BCUT2D eigenvalue weighted by Gasteiger charge is 2.33. The molecule has 2 amide bonds. The number of thioether (sulfide) groups is 1. The Kier molecular flexibility index (Phi) is 6.32. The molecule has 0 saturated carbocycles. The predicted octanol–water partition coefficient (Wildman–Crippen LogP) is 5.18. The average molecular weight is 437 g/mol. The van der Waals surface area contributed by atoms with Crippen LogP contribution in [-0.2, 0) is 11.3 Å². The number of para-hydroxylation sites is 3. The van der Waals surface area contributed by atoms with Crippen molar-refractivity contribution in [3.63, 3.8) is 0 Å². The third-order valence-electron chi connectivity index (χ3n) is 5.17. The fourth-order valence-corrected chi connectivity index (χ4v) is 4.54. The molecule has 160 valence electrons. The lowest BCUT2D eigenvalue weighted by Gasteiger charge is -2.11. The van der Waals surface area contributed by atoms with Crippen LogP contribution >= 0.6 is 11.8 Å². The molecule has 7 heteroatoms. The van der Waals surface area contributed by atoms with Gasteiger partial charge in [0.15, 0.2) is 11.5 Å². The molecule has 0 N–H and O–H groups in total. The fraction of sp³-hybridized carbons (Fsp3) is 0.250. The molecule has 31 heavy (non-hydrogen) atoms. The Hall–Kier alpha value is -3.19. The van der Waals surface area contributed by atoms with Crippen molar-refractivity contribution in [2.45, 2.75) is 19.9 Å². The topological polar surface area (TPSA) is 60.8 Å². The van der Waals surface area contributed by atoms with Crippen molar-refractivity contribution in [3.8, 4) is 11.5 Å². The summed E-state index contributed by atoms with van der Waals surface area (Å²) in [5.74, 6) is 1.23. The number of benzene rings is 2. The zero-order chi connectivity index (χ0) is 21.8. The van der Waals surface area contributed by atoms with Crippen molar-refractivity contribution < 1.29 is 19.1 Å². The number of carbonyl (C=O) groups is 2. The minimum absolute atomic E-state index is 0.212. The lowest BCUT2D eigenvalue weighted by molar-refractivity contribution is -0.122. The van der Waals surface area contributed by atoms with Crippen LogP contribution in [0.15, 0.2) is 59.6 Å². The molecule has 1 fully saturated rings. The molecule has 2 heterocycles. The molecule has 1 aromatic heterocycles. The second-order valence-electron chi connectivity index (χ2n) is 7.07. The zero-order valence-electron chi connectivity index (χ0n) is 17.5. The molecular weight excluding hydrogens is 412 g/mol. The monoisotopic (exact) mass is 436 g/mol. The van der Waals surface area contributed by atoms with Gasteiger partial charge in [0, 0.05) is 35.8 Å². The summed E-state index contributed by atoms with van der Waals surface area (Å²) >= 11 is 0.999. The Labute approximate surface area is 185 Å². The van der Waals surface area contributed by atoms with E-state index in [0.29, 0.717) is 18.1 Å². The predicted molar refractivity (Wildman–Crippen MR) is 123 cm³/mol. The fourth-order valence-electron chi connectivity index (χ4n) is 3.64. The number of amides is 2. The molecule has 0 unspecified atom stereocenters. The van der Waals surface area contributed by atoms with Crippen LogP contribution in [0.5, 0.6) is 11.5 Å². The van der Waals surface area contributed by atoms with Gasteiger partial charge in [-0.05, 0) is 49.4 Å². The van der Waals surface area contributed by atoms with E-state index in [9.17, 15) is 9.59 Å². The van der Waals surface area contributed by atoms with E-state index in [-0.39, 0.29) is 11.1 Å². The number of likely N-dealkylation sites (N-methyl/N-ethyl adjacent to an activating group) is 1. The lowest BCUT2D eigenvalue weighted by atomic mass is 10.1. The molecular formula is C24H24N2O4S. The van der Waals surface area contributed by atoms with Crippen molar-refractivity contribution in [1.29, 1.82) is 0 Å². The number of methoxy groups -OCH3 is 1. The van der Waals surface area contributed by atoms with E-state index in [1.165, 1.54) is 4.90 Å². The van der Waals surface area contributed by atoms with E-state index in [2.05, 4.69) is 10.6 Å².